The molecule has 0 aliphatic carbocycles. The number of hydrogen-bond acceptors (Lipinski definition) is 5. The van der Waals surface area contributed by atoms with Crippen LogP contribution in [0.25, 0.3) is 0 Å². The molecule has 6 nitrogen and oxygen atoms in total. The van der Waals surface area contributed by atoms with Gasteiger partial charge in [-0.15, -0.1) is 0 Å². The second kappa shape index (κ2) is 3.47. The fourth-order valence-electron chi connectivity index (χ4n) is 1.82. The molecule has 2 N–H and O–H groups in total. The van der Waals surface area contributed by atoms with Crippen molar-refractivity contribution in [2.75, 3.05) is 13.7 Å². The number of rotatable bonds is 3. The summed E-state index contributed by atoms with van der Waals surface area (Å²) in [7, 11) is 1.42. The molecule has 14 heavy (non-hydrogen) atoms. The lowest BCUT2D eigenvalue weighted by Crippen LogP contribution is -2.50. The fourth-order valence-corrected chi connectivity index (χ4v) is 1.82. The average Bonchev–Trinajstić information content (AvgIpc) is 2.94. The number of fused-ring (bicyclic) bond motifs is 1. The van der Waals surface area contributed by atoms with Gasteiger partial charge in [-0.1, -0.05) is 0 Å². The summed E-state index contributed by atoms with van der Waals surface area (Å²) in [5, 5.41) is 17.8. The second-order valence-corrected chi connectivity index (χ2v) is 3.38. The van der Waals surface area contributed by atoms with Gasteiger partial charge in [0.25, 0.3) is 0 Å². The SMILES string of the molecule is COC1C(C(=O)O)OC(CO)C2OC21. The molecular weight excluding hydrogens is 192 g/mol. The van der Waals surface area contributed by atoms with E-state index in [-0.39, 0.29) is 18.8 Å². The zero-order chi connectivity index (χ0) is 10.3. The van der Waals surface area contributed by atoms with E-state index in [9.17, 15) is 4.79 Å². The Morgan fingerprint density at radius 3 is 2.64 bits per heavy atom. The second-order valence-electron chi connectivity index (χ2n) is 3.38. The third kappa shape index (κ3) is 1.40. The van der Waals surface area contributed by atoms with Crippen molar-refractivity contribution in [1.82, 2.24) is 0 Å². The van der Waals surface area contributed by atoms with Gasteiger partial charge >= 0.3 is 5.97 Å². The van der Waals surface area contributed by atoms with Crippen LogP contribution >= 0.6 is 0 Å². The first kappa shape index (κ1) is 9.85. The maximum atomic E-state index is 10.8. The maximum Gasteiger partial charge on any atom is 0.335 e. The number of epoxide rings is 1. The van der Waals surface area contributed by atoms with Crippen LogP contribution in [-0.2, 0) is 19.0 Å². The number of ether oxygens (including phenoxy) is 3. The van der Waals surface area contributed by atoms with Gasteiger partial charge in [-0.2, -0.15) is 0 Å². The first-order chi connectivity index (χ1) is 6.69. The molecule has 2 aliphatic heterocycles. The van der Waals surface area contributed by atoms with Gasteiger partial charge in [0.1, 0.15) is 24.4 Å². The molecule has 0 bridgehead atoms. The number of aliphatic hydroxyl groups is 1. The summed E-state index contributed by atoms with van der Waals surface area (Å²) in [6, 6.07) is 0. The van der Waals surface area contributed by atoms with Crippen LogP contribution in [0.3, 0.4) is 0 Å². The number of carbonyl (C=O) groups is 1. The minimum absolute atomic E-state index is 0.222. The van der Waals surface area contributed by atoms with Crippen LogP contribution < -0.4 is 0 Å². The molecule has 2 aliphatic rings. The number of methoxy groups -OCH3 is 1. The van der Waals surface area contributed by atoms with Crippen LogP contribution in [0, 0.1) is 0 Å². The largest absolute Gasteiger partial charge is 0.479 e. The highest BCUT2D eigenvalue weighted by molar-refractivity contribution is 5.73. The Kier molecular flexibility index (Phi) is 2.44. The van der Waals surface area contributed by atoms with Crippen LogP contribution in [0.4, 0.5) is 0 Å². The molecule has 6 heteroatoms. The van der Waals surface area contributed by atoms with Crippen molar-refractivity contribution in [3.8, 4) is 0 Å². The van der Waals surface area contributed by atoms with Crippen LogP contribution in [0.2, 0.25) is 0 Å². The molecule has 0 aromatic carbocycles. The lowest BCUT2D eigenvalue weighted by Gasteiger charge is -2.29. The highest BCUT2D eigenvalue weighted by atomic mass is 16.7. The number of carboxylic acid groups (broad SMARTS) is 1. The fraction of sp³-hybridized carbons (Fsp3) is 0.875. The molecule has 0 saturated carbocycles. The number of hydrogen-bond donors (Lipinski definition) is 2. The smallest absolute Gasteiger partial charge is 0.335 e. The van der Waals surface area contributed by atoms with Gasteiger partial charge in [-0.3, -0.25) is 0 Å². The molecule has 5 atom stereocenters. The van der Waals surface area contributed by atoms with Crippen molar-refractivity contribution in [2.24, 2.45) is 0 Å². The van der Waals surface area contributed by atoms with E-state index in [4.69, 9.17) is 24.4 Å². The topological polar surface area (TPSA) is 88.5 Å². The Bertz CT molecular complexity index is 242. The standard InChI is InChI=1S/C8H12O6/c1-12-5-6-4(14-6)3(2-9)13-7(5)8(10)11/h3-7,9H,2H2,1H3,(H,10,11). The summed E-state index contributed by atoms with van der Waals surface area (Å²) in [5.41, 5.74) is 0. The van der Waals surface area contributed by atoms with Crippen LogP contribution in [0.15, 0.2) is 0 Å². The predicted molar refractivity (Wildman–Crippen MR) is 42.8 cm³/mol. The molecule has 0 radical (unpaired) electrons. The molecule has 80 valence electrons. The van der Waals surface area contributed by atoms with E-state index in [2.05, 4.69) is 0 Å². The average molecular weight is 204 g/mol. The maximum absolute atomic E-state index is 10.8. The molecule has 0 aromatic rings. The summed E-state index contributed by atoms with van der Waals surface area (Å²) in [6.07, 6.45) is -2.67. The van der Waals surface area contributed by atoms with Crippen LogP contribution in [0.5, 0.6) is 0 Å². The summed E-state index contributed by atoms with van der Waals surface area (Å²) < 4.78 is 15.3. The third-order valence-corrected chi connectivity index (χ3v) is 2.57. The van der Waals surface area contributed by atoms with E-state index < -0.39 is 24.3 Å². The Labute approximate surface area is 80.4 Å². The molecule has 0 amide bonds. The van der Waals surface area contributed by atoms with Gasteiger partial charge in [-0.05, 0) is 0 Å². The summed E-state index contributed by atoms with van der Waals surface area (Å²) >= 11 is 0. The van der Waals surface area contributed by atoms with Gasteiger partial charge in [0.15, 0.2) is 6.10 Å². The van der Waals surface area contributed by atoms with Crippen molar-refractivity contribution in [1.29, 1.82) is 0 Å². The zero-order valence-electron chi connectivity index (χ0n) is 7.62. The molecule has 5 unspecified atom stereocenters. The number of aliphatic hydroxyl groups excluding tert-OH is 1. The lowest BCUT2D eigenvalue weighted by atomic mass is 10.0. The predicted octanol–water partition coefficient (Wildman–Crippen LogP) is -1.39. The Hall–Kier alpha value is -0.690. The molecule has 2 saturated heterocycles. The number of aliphatic carboxylic acids is 1. The Morgan fingerprint density at radius 1 is 1.43 bits per heavy atom. The minimum Gasteiger partial charge on any atom is -0.479 e. The van der Waals surface area contributed by atoms with Gasteiger partial charge in [0.2, 0.25) is 0 Å². The molecule has 2 heterocycles. The van der Waals surface area contributed by atoms with E-state index in [1.54, 1.807) is 0 Å². The highest BCUT2D eigenvalue weighted by Gasteiger charge is 2.59. The first-order valence-corrected chi connectivity index (χ1v) is 4.36. The Morgan fingerprint density at radius 2 is 2.14 bits per heavy atom. The van der Waals surface area contributed by atoms with Crippen molar-refractivity contribution in [2.45, 2.75) is 30.5 Å². The molecule has 2 fully saturated rings. The van der Waals surface area contributed by atoms with Gasteiger partial charge in [-0.25, -0.2) is 4.79 Å². The molecule has 0 aromatic heterocycles. The molecule has 2 rings (SSSR count). The summed E-state index contributed by atoms with van der Waals surface area (Å²) in [4.78, 5) is 10.8. The third-order valence-electron chi connectivity index (χ3n) is 2.57. The van der Waals surface area contributed by atoms with Crippen molar-refractivity contribution in [3.63, 3.8) is 0 Å². The summed E-state index contributed by atoms with van der Waals surface area (Å²) in [6.45, 7) is -0.235. The molecule has 0 spiro atoms. The normalized spacial score (nSPS) is 45.7. The highest BCUT2D eigenvalue weighted by Crippen LogP contribution is 2.38. The van der Waals surface area contributed by atoms with E-state index in [1.165, 1.54) is 7.11 Å². The van der Waals surface area contributed by atoms with Crippen LogP contribution in [0.1, 0.15) is 0 Å². The number of carboxylic acids is 1. The monoisotopic (exact) mass is 204 g/mol. The van der Waals surface area contributed by atoms with E-state index >= 15 is 0 Å². The van der Waals surface area contributed by atoms with Gasteiger partial charge in [0.05, 0.1) is 6.61 Å². The van der Waals surface area contributed by atoms with Crippen molar-refractivity contribution >= 4 is 5.97 Å². The molecular formula is C8H12O6. The van der Waals surface area contributed by atoms with E-state index in [1.807, 2.05) is 0 Å². The van der Waals surface area contributed by atoms with Crippen LogP contribution in [-0.4, -0.2) is 60.4 Å². The van der Waals surface area contributed by atoms with Crippen molar-refractivity contribution < 1.29 is 29.2 Å². The van der Waals surface area contributed by atoms with E-state index in [0.717, 1.165) is 0 Å². The first-order valence-electron chi connectivity index (χ1n) is 4.36. The quantitative estimate of drug-likeness (QED) is 0.550. The van der Waals surface area contributed by atoms with E-state index in [0.29, 0.717) is 0 Å². The zero-order valence-corrected chi connectivity index (χ0v) is 7.62. The Balaban J connectivity index is 2.10. The summed E-state index contributed by atoms with van der Waals surface area (Å²) in [5.74, 6) is -1.09. The lowest BCUT2D eigenvalue weighted by molar-refractivity contribution is -0.175. The van der Waals surface area contributed by atoms with Crippen molar-refractivity contribution in [3.05, 3.63) is 0 Å². The van der Waals surface area contributed by atoms with Gasteiger partial charge in [0, 0.05) is 7.11 Å². The minimum atomic E-state index is -1.09. The van der Waals surface area contributed by atoms with Gasteiger partial charge < -0.3 is 24.4 Å².